The molecule has 1 fully saturated rings. The van der Waals surface area contributed by atoms with E-state index in [1.807, 2.05) is 12.4 Å². The predicted octanol–water partition coefficient (Wildman–Crippen LogP) is 2.46. The summed E-state index contributed by atoms with van der Waals surface area (Å²) in [5.74, 6) is 0. The van der Waals surface area contributed by atoms with Gasteiger partial charge < -0.3 is 5.32 Å². The Hall–Kier alpha value is -1.71. The zero-order chi connectivity index (χ0) is 13.8. The number of aromatic nitrogens is 1. The van der Waals surface area contributed by atoms with Crippen LogP contribution in [-0.4, -0.2) is 36.1 Å². The van der Waals surface area contributed by atoms with E-state index in [4.69, 9.17) is 0 Å². The third-order valence-electron chi connectivity index (χ3n) is 3.75. The molecular formula is C17H21N3. The van der Waals surface area contributed by atoms with E-state index >= 15 is 0 Å². The van der Waals surface area contributed by atoms with Gasteiger partial charge in [0.1, 0.15) is 0 Å². The largest absolute Gasteiger partial charge is 0.314 e. The van der Waals surface area contributed by atoms with E-state index < -0.39 is 0 Å². The standard InChI is InChI=1S/C17H21N3/c1-14-9-17(12-19-11-14)16-4-2-3-15(10-16)13-20-7-5-18-6-8-20/h2-4,9-12,18H,5-8,13H2,1H3. The van der Waals surface area contributed by atoms with E-state index in [-0.39, 0.29) is 0 Å². The number of rotatable bonds is 3. The van der Waals surface area contributed by atoms with Crippen LogP contribution >= 0.6 is 0 Å². The number of benzene rings is 1. The van der Waals surface area contributed by atoms with Gasteiger partial charge in [0.2, 0.25) is 0 Å². The number of hydrogen-bond donors (Lipinski definition) is 1. The van der Waals surface area contributed by atoms with Crippen LogP contribution in [0.1, 0.15) is 11.1 Å². The maximum absolute atomic E-state index is 4.29. The highest BCUT2D eigenvalue weighted by Gasteiger charge is 2.10. The summed E-state index contributed by atoms with van der Waals surface area (Å²) in [6.45, 7) is 7.59. The van der Waals surface area contributed by atoms with E-state index in [1.54, 1.807) is 0 Å². The van der Waals surface area contributed by atoms with Crippen molar-refractivity contribution in [1.82, 2.24) is 15.2 Å². The monoisotopic (exact) mass is 267 g/mol. The molecule has 20 heavy (non-hydrogen) atoms. The van der Waals surface area contributed by atoms with Crippen LogP contribution in [0.5, 0.6) is 0 Å². The first-order chi connectivity index (χ1) is 9.81. The van der Waals surface area contributed by atoms with Crippen LogP contribution in [-0.2, 0) is 6.54 Å². The molecule has 1 aliphatic heterocycles. The van der Waals surface area contributed by atoms with Gasteiger partial charge in [-0.15, -0.1) is 0 Å². The van der Waals surface area contributed by atoms with Crippen molar-refractivity contribution < 1.29 is 0 Å². The van der Waals surface area contributed by atoms with Crippen molar-refractivity contribution in [3.63, 3.8) is 0 Å². The van der Waals surface area contributed by atoms with Crippen LogP contribution in [0.15, 0.2) is 42.7 Å². The van der Waals surface area contributed by atoms with Crippen molar-refractivity contribution >= 4 is 0 Å². The van der Waals surface area contributed by atoms with Crippen LogP contribution in [0.25, 0.3) is 11.1 Å². The number of piperazine rings is 1. The predicted molar refractivity (Wildman–Crippen MR) is 82.6 cm³/mol. The first-order valence-electron chi connectivity index (χ1n) is 7.25. The van der Waals surface area contributed by atoms with Crippen LogP contribution in [0.3, 0.4) is 0 Å². The number of nitrogens with zero attached hydrogens (tertiary/aromatic N) is 2. The summed E-state index contributed by atoms with van der Waals surface area (Å²) < 4.78 is 0. The minimum absolute atomic E-state index is 1.04. The average Bonchev–Trinajstić information content (AvgIpc) is 2.49. The van der Waals surface area contributed by atoms with E-state index in [0.717, 1.165) is 32.7 Å². The third-order valence-corrected chi connectivity index (χ3v) is 3.75. The molecule has 2 aromatic rings. The zero-order valence-electron chi connectivity index (χ0n) is 12.0. The lowest BCUT2D eigenvalue weighted by atomic mass is 10.0. The maximum Gasteiger partial charge on any atom is 0.0346 e. The highest BCUT2D eigenvalue weighted by atomic mass is 15.2. The number of hydrogen-bond acceptors (Lipinski definition) is 3. The molecule has 0 amide bonds. The molecule has 1 aromatic heterocycles. The van der Waals surface area contributed by atoms with Gasteiger partial charge in [0.15, 0.2) is 0 Å². The van der Waals surface area contributed by atoms with E-state index in [2.05, 4.69) is 52.5 Å². The second-order valence-electron chi connectivity index (χ2n) is 5.48. The summed E-state index contributed by atoms with van der Waals surface area (Å²) in [6, 6.07) is 11.0. The zero-order valence-corrected chi connectivity index (χ0v) is 12.0. The molecule has 2 heterocycles. The van der Waals surface area contributed by atoms with Gasteiger partial charge in [0.25, 0.3) is 0 Å². The van der Waals surface area contributed by atoms with Crippen molar-refractivity contribution in [1.29, 1.82) is 0 Å². The molecule has 1 aliphatic rings. The fourth-order valence-electron chi connectivity index (χ4n) is 2.69. The molecule has 104 valence electrons. The molecule has 0 saturated carbocycles. The molecule has 3 heteroatoms. The Bertz CT molecular complexity index is 574. The summed E-state index contributed by atoms with van der Waals surface area (Å²) in [5.41, 5.74) is 5.04. The maximum atomic E-state index is 4.29. The van der Waals surface area contributed by atoms with E-state index in [1.165, 1.54) is 22.3 Å². The van der Waals surface area contributed by atoms with Crippen LogP contribution in [0.4, 0.5) is 0 Å². The average molecular weight is 267 g/mol. The number of pyridine rings is 1. The van der Waals surface area contributed by atoms with Gasteiger partial charge >= 0.3 is 0 Å². The molecule has 1 saturated heterocycles. The molecule has 0 spiro atoms. The lowest BCUT2D eigenvalue weighted by Gasteiger charge is -2.27. The summed E-state index contributed by atoms with van der Waals surface area (Å²) in [7, 11) is 0. The Morgan fingerprint density at radius 2 is 1.95 bits per heavy atom. The summed E-state index contributed by atoms with van der Waals surface area (Å²) in [5, 5.41) is 3.39. The first kappa shape index (κ1) is 13.3. The first-order valence-corrected chi connectivity index (χ1v) is 7.25. The van der Waals surface area contributed by atoms with Gasteiger partial charge in [0.05, 0.1) is 0 Å². The Balaban J connectivity index is 1.78. The van der Waals surface area contributed by atoms with Gasteiger partial charge in [-0.1, -0.05) is 18.2 Å². The molecule has 3 nitrogen and oxygen atoms in total. The molecule has 0 unspecified atom stereocenters. The SMILES string of the molecule is Cc1cncc(-c2cccc(CN3CCNCC3)c2)c1. The number of nitrogens with one attached hydrogen (secondary N) is 1. The lowest BCUT2D eigenvalue weighted by molar-refractivity contribution is 0.233. The highest BCUT2D eigenvalue weighted by Crippen LogP contribution is 2.21. The van der Waals surface area contributed by atoms with Crippen molar-refractivity contribution in [3.8, 4) is 11.1 Å². The number of aryl methyl sites for hydroxylation is 1. The van der Waals surface area contributed by atoms with Gasteiger partial charge in [0, 0.05) is 50.7 Å². The molecular weight excluding hydrogens is 246 g/mol. The van der Waals surface area contributed by atoms with Crippen LogP contribution in [0.2, 0.25) is 0 Å². The quantitative estimate of drug-likeness (QED) is 0.926. The Morgan fingerprint density at radius 3 is 2.75 bits per heavy atom. The van der Waals surface area contributed by atoms with Crippen molar-refractivity contribution in [2.45, 2.75) is 13.5 Å². The van der Waals surface area contributed by atoms with Crippen molar-refractivity contribution in [2.75, 3.05) is 26.2 Å². The molecule has 0 aliphatic carbocycles. The Labute approximate surface area is 120 Å². The van der Waals surface area contributed by atoms with Gasteiger partial charge in [-0.3, -0.25) is 9.88 Å². The van der Waals surface area contributed by atoms with Crippen LogP contribution in [0, 0.1) is 6.92 Å². The van der Waals surface area contributed by atoms with Gasteiger partial charge in [-0.25, -0.2) is 0 Å². The normalized spacial score (nSPS) is 16.2. The molecule has 3 rings (SSSR count). The van der Waals surface area contributed by atoms with Crippen molar-refractivity contribution in [3.05, 3.63) is 53.9 Å². The lowest BCUT2D eigenvalue weighted by Crippen LogP contribution is -2.42. The molecule has 0 atom stereocenters. The molecule has 0 bridgehead atoms. The fraction of sp³-hybridized carbons (Fsp3) is 0.353. The van der Waals surface area contributed by atoms with Gasteiger partial charge in [-0.05, 0) is 35.7 Å². The third kappa shape index (κ3) is 3.24. The topological polar surface area (TPSA) is 28.2 Å². The Kier molecular flexibility index (Phi) is 4.09. The fourth-order valence-corrected chi connectivity index (χ4v) is 2.69. The molecule has 0 radical (unpaired) electrons. The minimum Gasteiger partial charge on any atom is -0.314 e. The summed E-state index contributed by atoms with van der Waals surface area (Å²) in [4.78, 5) is 6.79. The van der Waals surface area contributed by atoms with E-state index in [0.29, 0.717) is 0 Å². The highest BCUT2D eigenvalue weighted by molar-refractivity contribution is 5.63. The van der Waals surface area contributed by atoms with Gasteiger partial charge in [-0.2, -0.15) is 0 Å². The second kappa shape index (κ2) is 6.16. The molecule has 1 aromatic carbocycles. The van der Waals surface area contributed by atoms with Crippen LogP contribution < -0.4 is 5.32 Å². The van der Waals surface area contributed by atoms with Crippen molar-refractivity contribution in [2.24, 2.45) is 0 Å². The van der Waals surface area contributed by atoms with E-state index in [9.17, 15) is 0 Å². The molecule has 1 N–H and O–H groups in total. The summed E-state index contributed by atoms with van der Waals surface area (Å²) >= 11 is 0. The minimum atomic E-state index is 1.04. The second-order valence-corrected chi connectivity index (χ2v) is 5.48. The summed E-state index contributed by atoms with van der Waals surface area (Å²) in [6.07, 6.45) is 3.84. The Morgan fingerprint density at radius 1 is 1.10 bits per heavy atom. The smallest absolute Gasteiger partial charge is 0.0346 e.